The van der Waals surface area contributed by atoms with E-state index in [9.17, 15) is 18.0 Å². The molecule has 0 spiro atoms. The third kappa shape index (κ3) is 3.65. The summed E-state index contributed by atoms with van der Waals surface area (Å²) >= 11 is 0. The summed E-state index contributed by atoms with van der Waals surface area (Å²) in [6.07, 6.45) is -4.54. The van der Waals surface area contributed by atoms with E-state index in [0.717, 1.165) is 5.92 Å². The van der Waals surface area contributed by atoms with Gasteiger partial charge in [0.05, 0.1) is 12.7 Å². The molecule has 0 aliphatic heterocycles. The average molecular weight is 228 g/mol. The highest BCUT2D eigenvalue weighted by Crippen LogP contribution is 2.13. The van der Waals surface area contributed by atoms with E-state index >= 15 is 0 Å². The molecule has 84 valence electrons. The standard InChI is InChI=1S/C11H7F3O2/c1-16-10(15)9-4-2-3-8(7-9)5-6-11(12,13)14/h2-4,7H,1H3. The van der Waals surface area contributed by atoms with E-state index in [1.54, 1.807) is 0 Å². The molecule has 2 nitrogen and oxygen atoms in total. The molecule has 0 N–H and O–H groups in total. The molecule has 0 heterocycles. The zero-order valence-electron chi connectivity index (χ0n) is 8.26. The summed E-state index contributed by atoms with van der Waals surface area (Å²) in [6, 6.07) is 5.49. The predicted molar refractivity (Wildman–Crippen MR) is 50.7 cm³/mol. The van der Waals surface area contributed by atoms with Gasteiger partial charge in [-0.05, 0) is 18.2 Å². The zero-order valence-corrected chi connectivity index (χ0v) is 8.26. The molecule has 0 saturated carbocycles. The van der Waals surface area contributed by atoms with Gasteiger partial charge in [0.25, 0.3) is 0 Å². The Morgan fingerprint density at radius 1 is 1.38 bits per heavy atom. The van der Waals surface area contributed by atoms with E-state index in [4.69, 9.17) is 0 Å². The molecule has 0 amide bonds. The molecular weight excluding hydrogens is 221 g/mol. The minimum Gasteiger partial charge on any atom is -0.465 e. The van der Waals surface area contributed by atoms with Crippen molar-refractivity contribution in [2.24, 2.45) is 0 Å². The van der Waals surface area contributed by atoms with Crippen molar-refractivity contribution >= 4 is 5.97 Å². The van der Waals surface area contributed by atoms with Gasteiger partial charge in [-0.15, -0.1) is 0 Å². The van der Waals surface area contributed by atoms with Gasteiger partial charge in [-0.25, -0.2) is 4.79 Å². The fourth-order valence-corrected chi connectivity index (χ4v) is 0.985. The van der Waals surface area contributed by atoms with Crippen molar-refractivity contribution in [1.29, 1.82) is 0 Å². The molecule has 0 aromatic heterocycles. The van der Waals surface area contributed by atoms with Gasteiger partial charge in [0, 0.05) is 11.5 Å². The smallest absolute Gasteiger partial charge is 0.458 e. The van der Waals surface area contributed by atoms with Crippen LogP contribution in [0.2, 0.25) is 0 Å². The maximum atomic E-state index is 11.8. The lowest BCUT2D eigenvalue weighted by atomic mass is 10.1. The Balaban J connectivity index is 2.99. The number of rotatable bonds is 1. The van der Waals surface area contributed by atoms with E-state index in [2.05, 4.69) is 4.74 Å². The van der Waals surface area contributed by atoms with Crippen LogP contribution in [0.15, 0.2) is 24.3 Å². The van der Waals surface area contributed by atoms with Crippen LogP contribution in [0.3, 0.4) is 0 Å². The average Bonchev–Trinajstić information content (AvgIpc) is 2.25. The summed E-state index contributed by atoms with van der Waals surface area (Å²) in [4.78, 5) is 11.1. The Kier molecular flexibility index (Phi) is 3.56. The number of ether oxygens (including phenoxy) is 1. The Hall–Kier alpha value is -1.96. The Bertz CT molecular complexity index is 452. The fourth-order valence-electron chi connectivity index (χ4n) is 0.985. The van der Waals surface area contributed by atoms with Gasteiger partial charge in [-0.1, -0.05) is 12.0 Å². The van der Waals surface area contributed by atoms with Crippen LogP contribution >= 0.6 is 0 Å². The Morgan fingerprint density at radius 3 is 2.62 bits per heavy atom. The van der Waals surface area contributed by atoms with Crippen molar-refractivity contribution in [3.8, 4) is 11.8 Å². The highest BCUT2D eigenvalue weighted by Gasteiger charge is 2.22. The fraction of sp³-hybridized carbons (Fsp3) is 0.182. The normalized spacial score (nSPS) is 10.2. The molecule has 0 aliphatic rings. The van der Waals surface area contributed by atoms with E-state index in [-0.39, 0.29) is 11.1 Å². The molecule has 5 heteroatoms. The molecule has 0 fully saturated rings. The second-order valence-electron chi connectivity index (χ2n) is 2.82. The summed E-state index contributed by atoms with van der Waals surface area (Å²) in [7, 11) is 1.19. The second kappa shape index (κ2) is 4.71. The number of hydrogen-bond donors (Lipinski definition) is 0. The molecule has 0 saturated heterocycles. The van der Waals surface area contributed by atoms with Gasteiger partial charge in [0.2, 0.25) is 0 Å². The first-order chi connectivity index (χ1) is 7.42. The lowest BCUT2D eigenvalue weighted by molar-refractivity contribution is -0.0696. The van der Waals surface area contributed by atoms with Gasteiger partial charge in [-0.3, -0.25) is 0 Å². The van der Waals surface area contributed by atoms with Gasteiger partial charge >= 0.3 is 12.1 Å². The molecule has 0 bridgehead atoms. The topological polar surface area (TPSA) is 26.3 Å². The van der Waals surface area contributed by atoms with Gasteiger partial charge < -0.3 is 4.74 Å². The highest BCUT2D eigenvalue weighted by molar-refractivity contribution is 5.89. The SMILES string of the molecule is COC(=O)c1cccc(C#CC(F)(F)F)c1. The van der Waals surface area contributed by atoms with Crippen molar-refractivity contribution in [1.82, 2.24) is 0 Å². The summed E-state index contributed by atoms with van der Waals surface area (Å²) in [5, 5.41) is 0. The maximum Gasteiger partial charge on any atom is 0.458 e. The summed E-state index contributed by atoms with van der Waals surface area (Å²) < 4.78 is 39.8. The molecule has 0 aliphatic carbocycles. The van der Waals surface area contributed by atoms with Crippen LogP contribution in [-0.4, -0.2) is 19.3 Å². The minimum absolute atomic E-state index is 0.111. The maximum absolute atomic E-state index is 11.8. The third-order valence-electron chi connectivity index (χ3n) is 1.63. The molecule has 0 unspecified atom stereocenters. The lowest BCUT2D eigenvalue weighted by Gasteiger charge is -1.99. The van der Waals surface area contributed by atoms with Crippen molar-refractivity contribution in [2.45, 2.75) is 6.18 Å². The van der Waals surface area contributed by atoms with E-state index in [1.165, 1.54) is 31.4 Å². The quantitative estimate of drug-likeness (QED) is 0.545. The number of hydrogen-bond acceptors (Lipinski definition) is 2. The number of methoxy groups -OCH3 is 1. The van der Waals surface area contributed by atoms with Crippen LogP contribution in [-0.2, 0) is 4.74 Å². The Labute approximate surface area is 90.0 Å². The lowest BCUT2D eigenvalue weighted by Crippen LogP contribution is -2.02. The van der Waals surface area contributed by atoms with Crippen molar-refractivity contribution < 1.29 is 22.7 Å². The Morgan fingerprint density at radius 2 is 2.06 bits per heavy atom. The highest BCUT2D eigenvalue weighted by atomic mass is 19.4. The van der Waals surface area contributed by atoms with Gasteiger partial charge in [-0.2, -0.15) is 13.2 Å². The number of esters is 1. The number of carbonyl (C=O) groups is 1. The second-order valence-corrected chi connectivity index (χ2v) is 2.82. The van der Waals surface area contributed by atoms with Crippen LogP contribution in [0, 0.1) is 11.8 Å². The molecule has 1 rings (SSSR count). The molecule has 16 heavy (non-hydrogen) atoms. The minimum atomic E-state index is -4.54. The van der Waals surface area contributed by atoms with E-state index in [1.807, 2.05) is 5.92 Å². The molecule has 1 aromatic carbocycles. The first-order valence-corrected chi connectivity index (χ1v) is 4.20. The number of benzene rings is 1. The molecule has 0 atom stereocenters. The predicted octanol–water partition coefficient (Wildman–Crippen LogP) is 2.39. The monoisotopic (exact) mass is 228 g/mol. The van der Waals surface area contributed by atoms with Crippen LogP contribution in [0.5, 0.6) is 0 Å². The van der Waals surface area contributed by atoms with Crippen LogP contribution in [0.4, 0.5) is 13.2 Å². The summed E-state index contributed by atoms with van der Waals surface area (Å²) in [5.74, 6) is 2.43. The number of halogens is 3. The number of carbonyl (C=O) groups excluding carboxylic acids is 1. The van der Waals surface area contributed by atoms with Crippen molar-refractivity contribution in [3.05, 3.63) is 35.4 Å². The van der Waals surface area contributed by atoms with E-state index < -0.39 is 12.1 Å². The molecule has 1 aromatic rings. The first-order valence-electron chi connectivity index (χ1n) is 4.20. The first kappa shape index (κ1) is 12.1. The van der Waals surface area contributed by atoms with Crippen LogP contribution in [0.25, 0.3) is 0 Å². The van der Waals surface area contributed by atoms with Gasteiger partial charge in [0.15, 0.2) is 0 Å². The summed E-state index contributed by atoms with van der Waals surface area (Å²) in [5.41, 5.74) is 0.275. The zero-order chi connectivity index (χ0) is 12.2. The summed E-state index contributed by atoms with van der Waals surface area (Å²) in [6.45, 7) is 0. The van der Waals surface area contributed by atoms with Crippen molar-refractivity contribution in [3.63, 3.8) is 0 Å². The molecular formula is C11H7F3O2. The van der Waals surface area contributed by atoms with Gasteiger partial charge in [0.1, 0.15) is 0 Å². The molecule has 0 radical (unpaired) electrons. The largest absolute Gasteiger partial charge is 0.465 e. The number of alkyl halides is 3. The van der Waals surface area contributed by atoms with Crippen molar-refractivity contribution in [2.75, 3.05) is 7.11 Å². The van der Waals surface area contributed by atoms with E-state index in [0.29, 0.717) is 0 Å². The van der Waals surface area contributed by atoms with Crippen LogP contribution in [0.1, 0.15) is 15.9 Å². The van der Waals surface area contributed by atoms with Crippen LogP contribution < -0.4 is 0 Å². The third-order valence-corrected chi connectivity index (χ3v) is 1.63.